The zero-order valence-electron chi connectivity index (χ0n) is 15.3. The molecule has 2 aromatic rings. The van der Waals surface area contributed by atoms with E-state index in [1.165, 1.54) is 11.8 Å². The van der Waals surface area contributed by atoms with Crippen LogP contribution >= 0.6 is 0 Å². The summed E-state index contributed by atoms with van der Waals surface area (Å²) in [6.45, 7) is 3.25. The molecule has 1 heterocycles. The third-order valence-corrected chi connectivity index (χ3v) is 4.85. The van der Waals surface area contributed by atoms with Crippen molar-refractivity contribution in [2.75, 3.05) is 31.1 Å². The first-order chi connectivity index (χ1) is 13.1. The van der Waals surface area contributed by atoms with E-state index < -0.39 is 11.6 Å². The van der Waals surface area contributed by atoms with Gasteiger partial charge in [0, 0.05) is 37.9 Å². The maximum absolute atomic E-state index is 13.2. The number of anilines is 1. The summed E-state index contributed by atoms with van der Waals surface area (Å²) in [4.78, 5) is 14.3. The molecule has 0 spiro atoms. The van der Waals surface area contributed by atoms with Gasteiger partial charge in [-0.05, 0) is 42.7 Å². The Kier molecular flexibility index (Phi) is 6.76. The molecule has 0 bridgehead atoms. The average Bonchev–Trinajstić information content (AvgIpc) is 2.69. The van der Waals surface area contributed by atoms with Crippen molar-refractivity contribution in [3.63, 3.8) is 0 Å². The molecule has 0 aromatic heterocycles. The smallest absolute Gasteiger partial charge is 0.224 e. The lowest BCUT2D eigenvalue weighted by Gasteiger charge is -2.34. The van der Waals surface area contributed by atoms with Gasteiger partial charge in [-0.15, -0.1) is 0 Å². The summed E-state index contributed by atoms with van der Waals surface area (Å²) in [5.41, 5.74) is 1.73. The number of benzene rings is 2. The molecule has 0 saturated carbocycles. The van der Waals surface area contributed by atoms with Crippen molar-refractivity contribution in [3.8, 4) is 0 Å². The number of hydrogen-bond donors (Lipinski definition) is 2. The van der Waals surface area contributed by atoms with Crippen LogP contribution in [0.3, 0.4) is 0 Å². The summed E-state index contributed by atoms with van der Waals surface area (Å²) >= 11 is 0. The minimum Gasteiger partial charge on any atom is -0.371 e. The van der Waals surface area contributed by atoms with Gasteiger partial charge in [0.1, 0.15) is 0 Å². The summed E-state index contributed by atoms with van der Waals surface area (Å²) in [5, 5.41) is 6.29. The van der Waals surface area contributed by atoms with Gasteiger partial charge in [0.25, 0.3) is 0 Å². The molecule has 0 atom stereocenters. The Morgan fingerprint density at radius 2 is 1.74 bits per heavy atom. The Labute approximate surface area is 158 Å². The van der Waals surface area contributed by atoms with Crippen LogP contribution in [0.5, 0.6) is 0 Å². The second-order valence-corrected chi connectivity index (χ2v) is 6.83. The predicted molar refractivity (Wildman–Crippen MR) is 103 cm³/mol. The van der Waals surface area contributed by atoms with Gasteiger partial charge in [0.15, 0.2) is 11.6 Å². The van der Waals surface area contributed by atoms with E-state index in [1.807, 2.05) is 6.07 Å². The van der Waals surface area contributed by atoms with Crippen LogP contribution in [0, 0.1) is 11.6 Å². The molecule has 2 aromatic carbocycles. The van der Waals surface area contributed by atoms with Crippen molar-refractivity contribution in [3.05, 3.63) is 65.7 Å². The number of carbonyl (C=O) groups is 1. The van der Waals surface area contributed by atoms with Gasteiger partial charge in [-0.25, -0.2) is 8.78 Å². The highest BCUT2D eigenvalue weighted by Crippen LogP contribution is 2.19. The largest absolute Gasteiger partial charge is 0.371 e. The van der Waals surface area contributed by atoms with Crippen LogP contribution in [-0.2, 0) is 11.2 Å². The number of hydrogen-bond acceptors (Lipinski definition) is 3. The number of amides is 1. The van der Waals surface area contributed by atoms with Crippen molar-refractivity contribution < 1.29 is 13.6 Å². The van der Waals surface area contributed by atoms with Crippen molar-refractivity contribution >= 4 is 11.6 Å². The Morgan fingerprint density at radius 1 is 1.00 bits per heavy atom. The summed E-state index contributed by atoms with van der Waals surface area (Å²) in [7, 11) is 0. The normalized spacial score (nSPS) is 15.0. The average molecular weight is 373 g/mol. The molecule has 6 heteroatoms. The van der Waals surface area contributed by atoms with Crippen molar-refractivity contribution in [1.29, 1.82) is 0 Å². The van der Waals surface area contributed by atoms with E-state index in [-0.39, 0.29) is 12.3 Å². The zero-order valence-corrected chi connectivity index (χ0v) is 15.3. The highest BCUT2D eigenvalue weighted by Gasteiger charge is 2.18. The molecule has 0 aliphatic carbocycles. The van der Waals surface area contributed by atoms with Gasteiger partial charge in [-0.3, -0.25) is 4.79 Å². The van der Waals surface area contributed by atoms with Crippen molar-refractivity contribution in [2.45, 2.75) is 25.3 Å². The number of halogens is 2. The fourth-order valence-corrected chi connectivity index (χ4v) is 3.36. The van der Waals surface area contributed by atoms with Gasteiger partial charge in [-0.1, -0.05) is 24.3 Å². The molecule has 1 saturated heterocycles. The van der Waals surface area contributed by atoms with Crippen LogP contribution in [0.1, 0.15) is 18.4 Å². The Morgan fingerprint density at radius 3 is 2.44 bits per heavy atom. The van der Waals surface area contributed by atoms with E-state index in [9.17, 15) is 13.6 Å². The number of para-hydroxylation sites is 1. The number of carbonyl (C=O) groups excluding carboxylic acids is 1. The van der Waals surface area contributed by atoms with E-state index in [2.05, 4.69) is 39.8 Å². The summed E-state index contributed by atoms with van der Waals surface area (Å²) in [6.07, 6.45) is 2.18. The first-order valence-corrected chi connectivity index (χ1v) is 9.36. The van der Waals surface area contributed by atoms with Crippen LogP contribution in [-0.4, -0.2) is 38.1 Å². The molecule has 1 aliphatic heterocycles. The minimum absolute atomic E-state index is 0.0483. The van der Waals surface area contributed by atoms with Crippen molar-refractivity contribution in [1.82, 2.24) is 10.6 Å². The van der Waals surface area contributed by atoms with Gasteiger partial charge in [0.2, 0.25) is 5.91 Å². The molecule has 1 fully saturated rings. The molecule has 2 N–H and O–H groups in total. The number of nitrogens with one attached hydrogen (secondary N) is 2. The minimum atomic E-state index is -0.927. The molecule has 0 unspecified atom stereocenters. The number of rotatable bonds is 7. The molecule has 4 nitrogen and oxygen atoms in total. The first kappa shape index (κ1) is 19.3. The monoisotopic (exact) mass is 373 g/mol. The quantitative estimate of drug-likeness (QED) is 0.734. The molecule has 0 radical (unpaired) electrons. The van der Waals surface area contributed by atoms with Gasteiger partial charge in [-0.2, -0.15) is 0 Å². The second-order valence-electron chi connectivity index (χ2n) is 6.83. The molecule has 3 rings (SSSR count). The summed E-state index contributed by atoms with van der Waals surface area (Å²) in [5.74, 6) is -2.02. The topological polar surface area (TPSA) is 44.4 Å². The SMILES string of the molecule is O=C(Cc1ccc(F)c(F)c1)NCCNC1CCN(c2ccccc2)CC1. The summed E-state index contributed by atoms with van der Waals surface area (Å²) < 4.78 is 26.1. The lowest BCUT2D eigenvalue weighted by Crippen LogP contribution is -2.44. The van der Waals surface area contributed by atoms with E-state index in [0.29, 0.717) is 24.7 Å². The van der Waals surface area contributed by atoms with Gasteiger partial charge < -0.3 is 15.5 Å². The second kappa shape index (κ2) is 9.46. The van der Waals surface area contributed by atoms with Crippen LogP contribution in [0.25, 0.3) is 0 Å². The maximum Gasteiger partial charge on any atom is 0.224 e. The van der Waals surface area contributed by atoms with E-state index in [1.54, 1.807) is 0 Å². The van der Waals surface area contributed by atoms with E-state index >= 15 is 0 Å². The van der Waals surface area contributed by atoms with E-state index in [4.69, 9.17) is 0 Å². The molecule has 1 aliphatic rings. The standard InChI is InChI=1S/C21H25F2N3O/c22-19-7-6-16(14-20(19)23)15-21(27)25-11-10-24-17-8-12-26(13-9-17)18-4-2-1-3-5-18/h1-7,14,17,24H,8-13,15H2,(H,25,27). The maximum atomic E-state index is 13.2. The van der Waals surface area contributed by atoms with Crippen LogP contribution in [0.2, 0.25) is 0 Å². The third-order valence-electron chi connectivity index (χ3n) is 4.85. The Bertz CT molecular complexity index is 746. The predicted octanol–water partition coefficient (Wildman–Crippen LogP) is 2.88. The van der Waals surface area contributed by atoms with Gasteiger partial charge in [0.05, 0.1) is 6.42 Å². The zero-order chi connectivity index (χ0) is 19.1. The summed E-state index contributed by atoms with van der Waals surface area (Å²) in [6, 6.07) is 14.4. The highest BCUT2D eigenvalue weighted by molar-refractivity contribution is 5.78. The molecule has 1 amide bonds. The number of nitrogens with zero attached hydrogens (tertiary/aromatic N) is 1. The number of piperidine rings is 1. The third kappa shape index (κ3) is 5.76. The molecular formula is C21H25F2N3O. The van der Waals surface area contributed by atoms with Gasteiger partial charge >= 0.3 is 0 Å². The highest BCUT2D eigenvalue weighted by atomic mass is 19.2. The lowest BCUT2D eigenvalue weighted by atomic mass is 10.0. The fraction of sp³-hybridized carbons (Fsp3) is 0.381. The Hall–Kier alpha value is -2.47. The molecular weight excluding hydrogens is 348 g/mol. The van der Waals surface area contributed by atoms with Crippen molar-refractivity contribution in [2.24, 2.45) is 0 Å². The van der Waals surface area contributed by atoms with Crippen LogP contribution in [0.15, 0.2) is 48.5 Å². The van der Waals surface area contributed by atoms with E-state index in [0.717, 1.165) is 38.1 Å². The van der Waals surface area contributed by atoms with Crippen LogP contribution in [0.4, 0.5) is 14.5 Å². The first-order valence-electron chi connectivity index (χ1n) is 9.36. The fourth-order valence-electron chi connectivity index (χ4n) is 3.36. The molecule has 144 valence electrons. The lowest BCUT2D eigenvalue weighted by molar-refractivity contribution is -0.120. The Balaban J connectivity index is 1.31. The molecule has 27 heavy (non-hydrogen) atoms. The van der Waals surface area contributed by atoms with Crippen LogP contribution < -0.4 is 15.5 Å².